The third-order valence-electron chi connectivity index (χ3n) is 5.34. The first-order chi connectivity index (χ1) is 12.9. The number of carbonyl (C=O) groups excluding carboxylic acids is 1. The molecule has 4 heteroatoms. The monoisotopic (exact) mass is 365 g/mol. The third kappa shape index (κ3) is 5.10. The Morgan fingerprint density at radius 3 is 2.33 bits per heavy atom. The molecule has 1 heterocycles. The summed E-state index contributed by atoms with van der Waals surface area (Å²) in [6.45, 7) is 11.0. The van der Waals surface area contributed by atoms with Crippen molar-refractivity contribution >= 4 is 11.6 Å². The first kappa shape index (κ1) is 19.4. The zero-order valence-electron chi connectivity index (χ0n) is 17.0. The van der Waals surface area contributed by atoms with E-state index in [1.165, 1.54) is 27.9 Å². The summed E-state index contributed by atoms with van der Waals surface area (Å²) < 4.78 is 0. The van der Waals surface area contributed by atoms with Crippen molar-refractivity contribution in [3.63, 3.8) is 0 Å². The molecule has 0 radical (unpaired) electrons. The highest BCUT2D eigenvalue weighted by atomic mass is 16.2. The van der Waals surface area contributed by atoms with Gasteiger partial charge in [0, 0.05) is 38.4 Å². The molecule has 0 N–H and O–H groups in total. The van der Waals surface area contributed by atoms with E-state index in [4.69, 9.17) is 0 Å². The van der Waals surface area contributed by atoms with Crippen LogP contribution in [0.3, 0.4) is 0 Å². The Bertz CT molecular complexity index is 794. The molecule has 3 rings (SSSR count). The maximum absolute atomic E-state index is 12.7. The minimum atomic E-state index is 0.228. The third-order valence-corrected chi connectivity index (χ3v) is 5.34. The predicted molar refractivity (Wildman–Crippen MR) is 112 cm³/mol. The molecule has 2 aromatic rings. The molecule has 0 aliphatic carbocycles. The van der Waals surface area contributed by atoms with Crippen molar-refractivity contribution in [1.29, 1.82) is 0 Å². The topological polar surface area (TPSA) is 26.8 Å². The fourth-order valence-corrected chi connectivity index (χ4v) is 3.74. The molecule has 0 atom stereocenters. The van der Waals surface area contributed by atoms with Gasteiger partial charge in [0.2, 0.25) is 5.91 Å². The molecule has 0 saturated carbocycles. The molecule has 27 heavy (non-hydrogen) atoms. The molecule has 1 fully saturated rings. The lowest BCUT2D eigenvalue weighted by molar-refractivity contribution is -0.132. The minimum Gasteiger partial charge on any atom is -0.368 e. The molecule has 144 valence electrons. The summed E-state index contributed by atoms with van der Waals surface area (Å²) >= 11 is 0. The molecule has 0 aromatic heterocycles. The van der Waals surface area contributed by atoms with E-state index >= 15 is 0 Å². The summed E-state index contributed by atoms with van der Waals surface area (Å²) in [5, 5.41) is 0. The average molecular weight is 366 g/mol. The standard InChI is InChI=1S/C23H31N3O/c1-18-6-5-7-22(15-18)25-10-12-26(13-11-25)23(27)17-24(4)16-21-9-8-19(2)14-20(21)3/h5-9,14-15H,10-13,16-17H2,1-4H3. The van der Waals surface area contributed by atoms with E-state index in [2.05, 4.69) is 73.0 Å². The number of nitrogens with zero attached hydrogens (tertiary/aromatic N) is 3. The summed E-state index contributed by atoms with van der Waals surface area (Å²) in [4.78, 5) is 19.2. The number of anilines is 1. The largest absolute Gasteiger partial charge is 0.368 e. The van der Waals surface area contributed by atoms with Crippen LogP contribution in [0.1, 0.15) is 22.3 Å². The van der Waals surface area contributed by atoms with Crippen molar-refractivity contribution in [3.8, 4) is 0 Å². The van der Waals surface area contributed by atoms with Crippen molar-refractivity contribution in [2.75, 3.05) is 44.7 Å². The lowest BCUT2D eigenvalue weighted by atomic mass is 10.1. The van der Waals surface area contributed by atoms with E-state index in [-0.39, 0.29) is 5.91 Å². The van der Waals surface area contributed by atoms with E-state index in [0.717, 1.165) is 32.7 Å². The second-order valence-electron chi connectivity index (χ2n) is 7.81. The molecule has 2 aromatic carbocycles. The molecule has 4 nitrogen and oxygen atoms in total. The van der Waals surface area contributed by atoms with Crippen LogP contribution in [0.25, 0.3) is 0 Å². The van der Waals surface area contributed by atoms with Gasteiger partial charge >= 0.3 is 0 Å². The van der Waals surface area contributed by atoms with E-state index in [9.17, 15) is 4.79 Å². The first-order valence-electron chi connectivity index (χ1n) is 9.76. The maximum atomic E-state index is 12.7. The number of carbonyl (C=O) groups is 1. The van der Waals surface area contributed by atoms with Gasteiger partial charge in [-0.25, -0.2) is 0 Å². The molecule has 1 amide bonds. The molecular formula is C23H31N3O. The molecule has 1 aliphatic rings. The van der Waals surface area contributed by atoms with Gasteiger partial charge in [-0.3, -0.25) is 9.69 Å². The van der Waals surface area contributed by atoms with Gasteiger partial charge in [0.25, 0.3) is 0 Å². The van der Waals surface area contributed by atoms with Crippen molar-refractivity contribution in [1.82, 2.24) is 9.80 Å². The predicted octanol–water partition coefficient (Wildman–Crippen LogP) is 3.39. The number of rotatable bonds is 5. The highest BCUT2D eigenvalue weighted by Gasteiger charge is 2.22. The van der Waals surface area contributed by atoms with Gasteiger partial charge < -0.3 is 9.80 Å². The Balaban J connectivity index is 1.50. The molecule has 1 aliphatic heterocycles. The van der Waals surface area contributed by atoms with Crippen molar-refractivity contribution in [3.05, 3.63) is 64.7 Å². The molecule has 0 spiro atoms. The lowest BCUT2D eigenvalue weighted by Gasteiger charge is -2.37. The summed E-state index contributed by atoms with van der Waals surface area (Å²) in [7, 11) is 2.03. The van der Waals surface area contributed by atoms with Crippen LogP contribution < -0.4 is 4.90 Å². The number of amides is 1. The van der Waals surface area contributed by atoms with Crippen LogP contribution in [-0.4, -0.2) is 55.5 Å². The first-order valence-corrected chi connectivity index (χ1v) is 9.76. The fraction of sp³-hybridized carbons (Fsp3) is 0.435. The van der Waals surface area contributed by atoms with Crippen LogP contribution in [0.2, 0.25) is 0 Å². The summed E-state index contributed by atoms with van der Waals surface area (Å²) in [5.41, 5.74) is 6.40. The Kier molecular flexibility index (Phi) is 6.17. The van der Waals surface area contributed by atoms with Gasteiger partial charge in [-0.1, -0.05) is 35.9 Å². The zero-order valence-corrected chi connectivity index (χ0v) is 17.0. The summed E-state index contributed by atoms with van der Waals surface area (Å²) in [6.07, 6.45) is 0. The molecule has 0 unspecified atom stereocenters. The Hall–Kier alpha value is -2.33. The molecule has 1 saturated heterocycles. The van der Waals surface area contributed by atoms with Gasteiger partial charge in [-0.15, -0.1) is 0 Å². The van der Waals surface area contributed by atoms with Crippen molar-refractivity contribution < 1.29 is 4.79 Å². The van der Waals surface area contributed by atoms with Crippen LogP contribution in [0.5, 0.6) is 0 Å². The second kappa shape index (κ2) is 8.57. The van der Waals surface area contributed by atoms with E-state index < -0.39 is 0 Å². The number of benzene rings is 2. The fourth-order valence-electron chi connectivity index (χ4n) is 3.74. The summed E-state index contributed by atoms with van der Waals surface area (Å²) in [6, 6.07) is 15.1. The Morgan fingerprint density at radius 1 is 0.963 bits per heavy atom. The van der Waals surface area contributed by atoms with E-state index in [0.29, 0.717) is 6.54 Å². The van der Waals surface area contributed by atoms with E-state index in [1.807, 2.05) is 11.9 Å². The van der Waals surface area contributed by atoms with Gasteiger partial charge in [0.1, 0.15) is 0 Å². The number of likely N-dealkylation sites (N-methyl/N-ethyl adjacent to an activating group) is 1. The normalized spacial score (nSPS) is 14.7. The smallest absolute Gasteiger partial charge is 0.236 e. The van der Waals surface area contributed by atoms with Crippen molar-refractivity contribution in [2.45, 2.75) is 27.3 Å². The van der Waals surface area contributed by atoms with Gasteiger partial charge in [-0.05, 0) is 56.6 Å². The number of hydrogen-bond donors (Lipinski definition) is 0. The highest BCUT2D eigenvalue weighted by Crippen LogP contribution is 2.18. The van der Waals surface area contributed by atoms with Crippen molar-refractivity contribution in [2.24, 2.45) is 0 Å². The van der Waals surface area contributed by atoms with Crippen LogP contribution in [0.15, 0.2) is 42.5 Å². The minimum absolute atomic E-state index is 0.228. The number of piperazine rings is 1. The Morgan fingerprint density at radius 2 is 1.67 bits per heavy atom. The SMILES string of the molecule is Cc1cccc(N2CCN(C(=O)CN(C)Cc3ccc(C)cc3C)CC2)c1. The van der Waals surface area contributed by atoms with Crippen LogP contribution in [0.4, 0.5) is 5.69 Å². The van der Waals surface area contributed by atoms with E-state index in [1.54, 1.807) is 0 Å². The number of hydrogen-bond acceptors (Lipinski definition) is 3. The Labute approximate surface area is 163 Å². The summed E-state index contributed by atoms with van der Waals surface area (Å²) in [5.74, 6) is 0.228. The molecule has 0 bridgehead atoms. The quantitative estimate of drug-likeness (QED) is 0.813. The molecular weight excluding hydrogens is 334 g/mol. The maximum Gasteiger partial charge on any atom is 0.236 e. The zero-order chi connectivity index (χ0) is 19.4. The van der Waals surface area contributed by atoms with Crippen LogP contribution >= 0.6 is 0 Å². The van der Waals surface area contributed by atoms with Gasteiger partial charge in [-0.2, -0.15) is 0 Å². The highest BCUT2D eigenvalue weighted by molar-refractivity contribution is 5.78. The lowest BCUT2D eigenvalue weighted by Crippen LogP contribution is -2.51. The second-order valence-corrected chi connectivity index (χ2v) is 7.81. The van der Waals surface area contributed by atoms with Gasteiger partial charge in [0.15, 0.2) is 0 Å². The average Bonchev–Trinajstić information content (AvgIpc) is 2.64. The van der Waals surface area contributed by atoms with Crippen LogP contribution in [-0.2, 0) is 11.3 Å². The van der Waals surface area contributed by atoms with Gasteiger partial charge in [0.05, 0.1) is 6.54 Å². The number of aryl methyl sites for hydroxylation is 3. The van der Waals surface area contributed by atoms with Crippen LogP contribution in [0, 0.1) is 20.8 Å².